The minimum atomic E-state index is -0.184. The lowest BCUT2D eigenvalue weighted by molar-refractivity contribution is 0.613. The Morgan fingerprint density at radius 3 is 2.74 bits per heavy atom. The average Bonchev–Trinajstić information content (AvgIpc) is 2.67. The van der Waals surface area contributed by atoms with E-state index in [1.165, 1.54) is 30.4 Å². The van der Waals surface area contributed by atoms with Crippen molar-refractivity contribution in [3.8, 4) is 12.3 Å². The molecule has 1 aliphatic rings. The van der Waals surface area contributed by atoms with E-state index >= 15 is 0 Å². The summed E-state index contributed by atoms with van der Waals surface area (Å²) in [6.45, 7) is 0.196. The van der Waals surface area contributed by atoms with E-state index in [2.05, 4.69) is 32.3 Å². The largest absolute Gasteiger partial charge is 0.380 e. The highest BCUT2D eigenvalue weighted by molar-refractivity contribution is 9.10. The molecule has 1 aliphatic carbocycles. The Kier molecular flexibility index (Phi) is 5.03. The monoisotopic (exact) mass is 323 g/mol. The van der Waals surface area contributed by atoms with Crippen molar-refractivity contribution in [3.63, 3.8) is 0 Å². The Labute approximate surface area is 121 Å². The molecular formula is C14H18BrN3O. The summed E-state index contributed by atoms with van der Waals surface area (Å²) in [4.78, 5) is 12.0. The molecule has 0 atom stereocenters. The number of hydrogen-bond donors (Lipinski definition) is 1. The number of hydrogen-bond acceptors (Lipinski definition) is 3. The zero-order valence-corrected chi connectivity index (χ0v) is 12.4. The first-order valence-corrected chi connectivity index (χ1v) is 7.47. The molecule has 0 spiro atoms. The summed E-state index contributed by atoms with van der Waals surface area (Å²) in [6.07, 6.45) is 14.3. The number of nitrogens with zero attached hydrogens (tertiary/aromatic N) is 2. The predicted octanol–water partition coefficient (Wildman–Crippen LogP) is 2.77. The van der Waals surface area contributed by atoms with Crippen LogP contribution in [0.1, 0.15) is 38.5 Å². The van der Waals surface area contributed by atoms with Gasteiger partial charge in [-0.1, -0.05) is 31.6 Å². The molecule has 1 fully saturated rings. The van der Waals surface area contributed by atoms with Gasteiger partial charge in [-0.15, -0.1) is 6.42 Å². The third-order valence-electron chi connectivity index (χ3n) is 3.44. The molecule has 19 heavy (non-hydrogen) atoms. The summed E-state index contributed by atoms with van der Waals surface area (Å²) in [6, 6.07) is 0.434. The third kappa shape index (κ3) is 3.60. The molecule has 2 rings (SSSR count). The molecule has 1 aromatic rings. The molecule has 0 aromatic carbocycles. The fraction of sp³-hybridized carbons (Fsp3) is 0.571. The van der Waals surface area contributed by atoms with E-state index in [1.54, 1.807) is 6.20 Å². The molecule has 1 saturated carbocycles. The topological polar surface area (TPSA) is 46.9 Å². The van der Waals surface area contributed by atoms with Gasteiger partial charge in [0.2, 0.25) is 0 Å². The number of nitrogens with one attached hydrogen (secondary N) is 1. The van der Waals surface area contributed by atoms with Gasteiger partial charge in [-0.05, 0) is 28.8 Å². The van der Waals surface area contributed by atoms with Crippen molar-refractivity contribution in [1.82, 2.24) is 9.78 Å². The summed E-state index contributed by atoms with van der Waals surface area (Å²) in [7, 11) is 0. The molecule has 4 nitrogen and oxygen atoms in total. The number of anilines is 1. The van der Waals surface area contributed by atoms with E-state index in [0.29, 0.717) is 10.5 Å². The smallest absolute Gasteiger partial charge is 0.284 e. The van der Waals surface area contributed by atoms with E-state index < -0.39 is 0 Å². The molecule has 0 radical (unpaired) electrons. The SMILES string of the molecule is C#CCn1ncc(NC2CCCCCC2)c(Br)c1=O. The lowest BCUT2D eigenvalue weighted by Gasteiger charge is -2.18. The molecule has 1 N–H and O–H groups in total. The molecule has 1 aromatic heterocycles. The van der Waals surface area contributed by atoms with Crippen LogP contribution in [0.4, 0.5) is 5.69 Å². The quantitative estimate of drug-likeness (QED) is 0.687. The highest BCUT2D eigenvalue weighted by Gasteiger charge is 2.15. The van der Waals surface area contributed by atoms with Gasteiger partial charge in [0.25, 0.3) is 5.56 Å². The lowest BCUT2D eigenvalue weighted by Crippen LogP contribution is -2.26. The van der Waals surface area contributed by atoms with Crippen LogP contribution in [-0.2, 0) is 6.54 Å². The van der Waals surface area contributed by atoms with Gasteiger partial charge in [-0.2, -0.15) is 5.10 Å². The van der Waals surface area contributed by atoms with E-state index in [4.69, 9.17) is 6.42 Å². The van der Waals surface area contributed by atoms with Crippen molar-refractivity contribution in [3.05, 3.63) is 21.0 Å². The molecular weight excluding hydrogens is 306 g/mol. The first-order valence-electron chi connectivity index (χ1n) is 6.68. The summed E-state index contributed by atoms with van der Waals surface area (Å²) >= 11 is 3.34. The standard InChI is InChI=1S/C14H18BrN3O/c1-2-9-18-14(19)13(15)12(10-16-18)17-11-7-5-3-4-6-8-11/h1,10-11,17H,3-9H2. The normalized spacial score (nSPS) is 16.6. The molecule has 0 unspecified atom stereocenters. The minimum Gasteiger partial charge on any atom is -0.380 e. The molecule has 0 bridgehead atoms. The number of terminal acetylenes is 1. The van der Waals surface area contributed by atoms with Crippen LogP contribution in [0.2, 0.25) is 0 Å². The molecule has 0 aliphatic heterocycles. The van der Waals surface area contributed by atoms with Crippen LogP contribution in [0.3, 0.4) is 0 Å². The second-order valence-electron chi connectivity index (χ2n) is 4.87. The summed E-state index contributed by atoms with van der Waals surface area (Å²) < 4.78 is 1.80. The van der Waals surface area contributed by atoms with Crippen LogP contribution in [0.5, 0.6) is 0 Å². The van der Waals surface area contributed by atoms with Crippen molar-refractivity contribution in [1.29, 1.82) is 0 Å². The Balaban J connectivity index is 2.14. The molecule has 5 heteroatoms. The maximum absolute atomic E-state index is 12.0. The van der Waals surface area contributed by atoms with Crippen LogP contribution in [0, 0.1) is 12.3 Å². The van der Waals surface area contributed by atoms with Gasteiger partial charge in [0.1, 0.15) is 11.0 Å². The molecule has 0 saturated heterocycles. The van der Waals surface area contributed by atoms with Gasteiger partial charge in [0.15, 0.2) is 0 Å². The number of rotatable bonds is 3. The second-order valence-corrected chi connectivity index (χ2v) is 5.66. The fourth-order valence-electron chi connectivity index (χ4n) is 2.41. The second kappa shape index (κ2) is 6.76. The van der Waals surface area contributed by atoms with Gasteiger partial charge in [0, 0.05) is 6.04 Å². The van der Waals surface area contributed by atoms with Crippen molar-refractivity contribution >= 4 is 21.6 Å². The number of halogens is 1. The molecule has 102 valence electrons. The summed E-state index contributed by atoms with van der Waals surface area (Å²) in [5, 5.41) is 7.51. The van der Waals surface area contributed by atoms with Gasteiger partial charge in [-0.3, -0.25) is 4.79 Å². The minimum absolute atomic E-state index is 0.184. The van der Waals surface area contributed by atoms with E-state index in [1.807, 2.05) is 0 Å². The first-order chi connectivity index (χ1) is 9.22. The summed E-state index contributed by atoms with van der Waals surface area (Å²) in [5.41, 5.74) is 0.585. The maximum Gasteiger partial charge on any atom is 0.284 e. The molecule has 0 amide bonds. The lowest BCUT2D eigenvalue weighted by atomic mass is 10.1. The maximum atomic E-state index is 12.0. The van der Waals surface area contributed by atoms with E-state index in [9.17, 15) is 4.79 Å². The van der Waals surface area contributed by atoms with E-state index in [0.717, 1.165) is 18.5 Å². The van der Waals surface area contributed by atoms with E-state index in [-0.39, 0.29) is 12.1 Å². The van der Waals surface area contributed by atoms with Crippen molar-refractivity contribution in [2.75, 3.05) is 5.32 Å². The zero-order chi connectivity index (χ0) is 13.7. The van der Waals surface area contributed by atoms with Crippen molar-refractivity contribution in [2.45, 2.75) is 51.1 Å². The van der Waals surface area contributed by atoms with Gasteiger partial charge >= 0.3 is 0 Å². The van der Waals surface area contributed by atoms with Gasteiger partial charge in [-0.25, -0.2) is 4.68 Å². The van der Waals surface area contributed by atoms with Crippen LogP contribution < -0.4 is 10.9 Å². The Hall–Kier alpha value is -1.28. The average molecular weight is 324 g/mol. The highest BCUT2D eigenvalue weighted by atomic mass is 79.9. The van der Waals surface area contributed by atoms with Crippen LogP contribution in [0.25, 0.3) is 0 Å². The number of aromatic nitrogens is 2. The first kappa shape index (κ1) is 14.1. The Morgan fingerprint density at radius 2 is 2.11 bits per heavy atom. The van der Waals surface area contributed by atoms with Gasteiger partial charge in [0.05, 0.1) is 11.9 Å². The van der Waals surface area contributed by atoms with Crippen molar-refractivity contribution < 1.29 is 0 Å². The Morgan fingerprint density at radius 1 is 1.42 bits per heavy atom. The van der Waals surface area contributed by atoms with Crippen LogP contribution in [-0.4, -0.2) is 15.8 Å². The van der Waals surface area contributed by atoms with Crippen LogP contribution in [0.15, 0.2) is 15.5 Å². The zero-order valence-electron chi connectivity index (χ0n) is 10.9. The highest BCUT2D eigenvalue weighted by Crippen LogP contribution is 2.23. The third-order valence-corrected chi connectivity index (χ3v) is 4.21. The van der Waals surface area contributed by atoms with Crippen molar-refractivity contribution in [2.24, 2.45) is 0 Å². The fourth-order valence-corrected chi connectivity index (χ4v) is 2.83. The van der Waals surface area contributed by atoms with Crippen LogP contribution >= 0.6 is 15.9 Å². The summed E-state index contributed by atoms with van der Waals surface area (Å²) in [5.74, 6) is 2.42. The Bertz CT molecular complexity index is 524. The predicted molar refractivity (Wildman–Crippen MR) is 80.1 cm³/mol. The van der Waals surface area contributed by atoms with Gasteiger partial charge < -0.3 is 5.32 Å². The molecule has 1 heterocycles.